The number of carbonyl (C=O) groups excluding carboxylic acids is 1. The number of amides is 1. The molecule has 1 N–H and O–H groups in total. The Morgan fingerprint density at radius 2 is 1.68 bits per heavy atom. The number of aromatic amines is 1. The normalized spacial score (nSPS) is 26.5. The highest BCUT2D eigenvalue weighted by Gasteiger charge is 2.38. The first kappa shape index (κ1) is 19.0. The molecule has 3 aromatic rings. The van der Waals surface area contributed by atoms with E-state index in [0.717, 1.165) is 59.7 Å². The van der Waals surface area contributed by atoms with E-state index >= 15 is 0 Å². The van der Waals surface area contributed by atoms with E-state index in [2.05, 4.69) is 43.1 Å². The average molecular weight is 416 g/mol. The third kappa shape index (κ3) is 3.34. The van der Waals surface area contributed by atoms with Crippen LogP contribution in [0.25, 0.3) is 22.0 Å². The Morgan fingerprint density at radius 1 is 0.903 bits per heavy atom. The standard InChI is InChI=1S/C25H29N5O/c31-25(30-15-13-29(14-16-30)24-17-28-11-8-18(24)9-12-28)22-6-2-3-19-20(22)4-1-5-21(19)23-7-10-26-27-23/h1-7,10,18,24H,8-9,11-17H2,(H,26,27). The molecule has 160 valence electrons. The third-order valence-electron chi connectivity index (χ3n) is 7.64. The number of nitrogens with one attached hydrogen (secondary N) is 1. The number of rotatable bonds is 3. The minimum absolute atomic E-state index is 0.154. The fraction of sp³-hybridized carbons (Fsp3) is 0.440. The Labute approximate surface area is 182 Å². The molecule has 2 bridgehead atoms. The van der Waals surface area contributed by atoms with Gasteiger partial charge in [0.1, 0.15) is 0 Å². The maximum atomic E-state index is 13.5. The minimum Gasteiger partial charge on any atom is -0.336 e. The molecule has 4 aliphatic rings. The minimum atomic E-state index is 0.154. The van der Waals surface area contributed by atoms with E-state index in [4.69, 9.17) is 0 Å². The summed E-state index contributed by atoms with van der Waals surface area (Å²) in [5.41, 5.74) is 2.85. The largest absolute Gasteiger partial charge is 0.336 e. The molecule has 5 heterocycles. The predicted molar refractivity (Wildman–Crippen MR) is 122 cm³/mol. The molecule has 0 aliphatic carbocycles. The Morgan fingerprint density at radius 3 is 2.39 bits per heavy atom. The fourth-order valence-corrected chi connectivity index (χ4v) is 5.91. The first-order chi connectivity index (χ1) is 15.3. The smallest absolute Gasteiger partial charge is 0.254 e. The number of fused-ring (bicyclic) bond motifs is 4. The lowest BCUT2D eigenvalue weighted by Crippen LogP contribution is -2.61. The van der Waals surface area contributed by atoms with Crippen molar-refractivity contribution < 1.29 is 4.79 Å². The highest BCUT2D eigenvalue weighted by Crippen LogP contribution is 2.32. The first-order valence-corrected chi connectivity index (χ1v) is 11.5. The third-order valence-corrected chi connectivity index (χ3v) is 7.64. The lowest BCUT2D eigenvalue weighted by molar-refractivity contribution is -0.0130. The van der Waals surface area contributed by atoms with E-state index in [1.54, 1.807) is 6.20 Å². The van der Waals surface area contributed by atoms with Crippen molar-refractivity contribution in [3.63, 3.8) is 0 Å². The number of hydrogen-bond donors (Lipinski definition) is 1. The molecule has 0 saturated carbocycles. The summed E-state index contributed by atoms with van der Waals surface area (Å²) in [6.45, 7) is 7.40. The van der Waals surface area contributed by atoms with Gasteiger partial charge in [0.15, 0.2) is 0 Å². The summed E-state index contributed by atoms with van der Waals surface area (Å²) in [6.07, 6.45) is 4.45. The summed E-state index contributed by atoms with van der Waals surface area (Å²) in [5.74, 6) is 1.01. The van der Waals surface area contributed by atoms with Crippen molar-refractivity contribution in [1.82, 2.24) is 24.9 Å². The molecule has 1 amide bonds. The van der Waals surface area contributed by atoms with Gasteiger partial charge in [-0.2, -0.15) is 5.10 Å². The molecule has 6 heteroatoms. The summed E-state index contributed by atoms with van der Waals surface area (Å²) in [4.78, 5) is 20.8. The van der Waals surface area contributed by atoms with Crippen LogP contribution >= 0.6 is 0 Å². The van der Waals surface area contributed by atoms with Crippen LogP contribution in [0.2, 0.25) is 0 Å². The van der Waals surface area contributed by atoms with Crippen LogP contribution in [0.3, 0.4) is 0 Å². The monoisotopic (exact) mass is 415 g/mol. The van der Waals surface area contributed by atoms with Gasteiger partial charge in [-0.15, -0.1) is 0 Å². The van der Waals surface area contributed by atoms with Crippen LogP contribution in [-0.4, -0.2) is 82.7 Å². The summed E-state index contributed by atoms with van der Waals surface area (Å²) >= 11 is 0. The SMILES string of the molecule is O=C(c1cccc2c(-c3ccn[nH]3)cccc12)N1CCN(C2CN3CCC2CC3)CC1. The van der Waals surface area contributed by atoms with Crippen LogP contribution in [0.1, 0.15) is 23.2 Å². The molecule has 1 atom stereocenters. The van der Waals surface area contributed by atoms with Crippen LogP contribution in [0.5, 0.6) is 0 Å². The Hall–Kier alpha value is -2.70. The lowest BCUT2D eigenvalue weighted by Gasteiger charge is -2.51. The number of hydrogen-bond acceptors (Lipinski definition) is 4. The van der Waals surface area contributed by atoms with E-state index in [9.17, 15) is 4.79 Å². The fourth-order valence-electron chi connectivity index (χ4n) is 5.91. The summed E-state index contributed by atoms with van der Waals surface area (Å²) < 4.78 is 0. The highest BCUT2D eigenvalue weighted by molar-refractivity contribution is 6.10. The molecule has 0 radical (unpaired) electrons. The second-order valence-electron chi connectivity index (χ2n) is 9.21. The van der Waals surface area contributed by atoms with Crippen LogP contribution in [0.4, 0.5) is 0 Å². The van der Waals surface area contributed by atoms with Crippen LogP contribution < -0.4 is 0 Å². The Bertz CT molecular complexity index is 1080. The molecule has 2 aromatic carbocycles. The van der Waals surface area contributed by atoms with E-state index < -0.39 is 0 Å². The number of piperazine rings is 1. The Kier molecular flexibility index (Phi) is 4.77. The van der Waals surface area contributed by atoms with Gasteiger partial charge in [0, 0.05) is 56.1 Å². The van der Waals surface area contributed by atoms with Gasteiger partial charge in [0.25, 0.3) is 5.91 Å². The van der Waals surface area contributed by atoms with Crippen LogP contribution in [-0.2, 0) is 0 Å². The number of nitrogens with zero attached hydrogens (tertiary/aromatic N) is 4. The zero-order chi connectivity index (χ0) is 20.8. The number of piperidine rings is 3. The van der Waals surface area contributed by atoms with Crippen LogP contribution in [0, 0.1) is 5.92 Å². The molecule has 4 fully saturated rings. The van der Waals surface area contributed by atoms with E-state index in [1.807, 2.05) is 24.3 Å². The van der Waals surface area contributed by atoms with Gasteiger partial charge in [-0.3, -0.25) is 14.8 Å². The molecule has 4 aliphatic heterocycles. The number of H-pyrrole nitrogens is 1. The molecule has 1 unspecified atom stereocenters. The molecular formula is C25H29N5O. The van der Waals surface area contributed by atoms with Gasteiger partial charge in [-0.25, -0.2) is 0 Å². The van der Waals surface area contributed by atoms with Gasteiger partial charge >= 0.3 is 0 Å². The highest BCUT2D eigenvalue weighted by atomic mass is 16.2. The van der Waals surface area contributed by atoms with E-state index in [0.29, 0.717) is 6.04 Å². The predicted octanol–water partition coefficient (Wildman–Crippen LogP) is 3.08. The Balaban J connectivity index is 1.21. The van der Waals surface area contributed by atoms with Crippen molar-refractivity contribution in [2.24, 2.45) is 5.92 Å². The van der Waals surface area contributed by atoms with Crippen molar-refractivity contribution >= 4 is 16.7 Å². The van der Waals surface area contributed by atoms with Gasteiger partial charge in [-0.05, 0) is 54.8 Å². The number of aromatic nitrogens is 2. The zero-order valence-corrected chi connectivity index (χ0v) is 17.8. The van der Waals surface area contributed by atoms with Crippen LogP contribution in [0.15, 0.2) is 48.7 Å². The van der Waals surface area contributed by atoms with Gasteiger partial charge < -0.3 is 9.80 Å². The van der Waals surface area contributed by atoms with E-state index in [1.165, 1.54) is 32.5 Å². The van der Waals surface area contributed by atoms with Crippen molar-refractivity contribution in [3.8, 4) is 11.3 Å². The molecule has 31 heavy (non-hydrogen) atoms. The molecular weight excluding hydrogens is 386 g/mol. The second kappa shape index (κ2) is 7.77. The molecule has 0 spiro atoms. The van der Waals surface area contributed by atoms with Crippen molar-refractivity contribution in [2.75, 3.05) is 45.8 Å². The van der Waals surface area contributed by atoms with Gasteiger partial charge in [0.2, 0.25) is 0 Å². The maximum Gasteiger partial charge on any atom is 0.254 e. The quantitative estimate of drug-likeness (QED) is 0.714. The van der Waals surface area contributed by atoms with Crippen molar-refractivity contribution in [3.05, 3.63) is 54.2 Å². The van der Waals surface area contributed by atoms with Crippen molar-refractivity contribution in [1.29, 1.82) is 0 Å². The summed E-state index contributed by atoms with van der Waals surface area (Å²) in [5, 5.41) is 9.24. The van der Waals surface area contributed by atoms with Crippen molar-refractivity contribution in [2.45, 2.75) is 18.9 Å². The number of carbonyl (C=O) groups is 1. The van der Waals surface area contributed by atoms with Gasteiger partial charge in [0.05, 0.1) is 5.69 Å². The van der Waals surface area contributed by atoms with E-state index in [-0.39, 0.29) is 5.91 Å². The first-order valence-electron chi connectivity index (χ1n) is 11.5. The zero-order valence-electron chi connectivity index (χ0n) is 17.8. The topological polar surface area (TPSA) is 55.5 Å². The summed E-state index contributed by atoms with van der Waals surface area (Å²) in [6, 6.07) is 14.9. The average Bonchev–Trinajstić information content (AvgIpc) is 3.38. The summed E-state index contributed by atoms with van der Waals surface area (Å²) in [7, 11) is 0. The molecule has 1 aromatic heterocycles. The lowest BCUT2D eigenvalue weighted by atomic mass is 9.83. The molecule has 6 nitrogen and oxygen atoms in total. The van der Waals surface area contributed by atoms with Gasteiger partial charge in [-0.1, -0.05) is 30.3 Å². The maximum absolute atomic E-state index is 13.5. The number of benzene rings is 2. The molecule has 7 rings (SSSR count). The second-order valence-corrected chi connectivity index (χ2v) is 9.21. The molecule has 4 saturated heterocycles.